The van der Waals surface area contributed by atoms with Crippen molar-refractivity contribution in [3.8, 4) is 5.75 Å². The molecule has 1 aliphatic rings. The molecule has 1 heterocycles. The molecule has 0 unspecified atom stereocenters. The van der Waals surface area contributed by atoms with Gasteiger partial charge in [0.25, 0.3) is 0 Å². The predicted octanol–water partition coefficient (Wildman–Crippen LogP) is 1.95. The summed E-state index contributed by atoms with van der Waals surface area (Å²) in [5.74, 6) is 0.448. The fourth-order valence-corrected chi connectivity index (χ4v) is 2.71. The summed E-state index contributed by atoms with van der Waals surface area (Å²) >= 11 is 0. The number of benzene rings is 2. The van der Waals surface area contributed by atoms with Crippen LogP contribution < -0.4 is 10.5 Å². The van der Waals surface area contributed by atoms with Crippen molar-refractivity contribution in [2.75, 3.05) is 19.7 Å². The van der Waals surface area contributed by atoms with Gasteiger partial charge >= 0.3 is 0 Å². The van der Waals surface area contributed by atoms with Gasteiger partial charge in [0.1, 0.15) is 18.5 Å². The van der Waals surface area contributed by atoms with Crippen molar-refractivity contribution in [3.63, 3.8) is 0 Å². The average Bonchev–Trinajstić information content (AvgIpc) is 2.62. The SMILES string of the molecule is NC(=O)[C@@H]1CN(Cc2ccc(OCc3ccccc3)cc2)CCO1. The van der Waals surface area contributed by atoms with E-state index in [2.05, 4.69) is 17.0 Å². The first-order chi connectivity index (χ1) is 11.7. The lowest BCUT2D eigenvalue weighted by Gasteiger charge is -2.31. The van der Waals surface area contributed by atoms with Crippen LogP contribution in [0.25, 0.3) is 0 Å². The standard InChI is InChI=1S/C19H22N2O3/c20-19(22)18-13-21(10-11-23-18)12-15-6-8-17(9-7-15)24-14-16-4-2-1-3-5-16/h1-9,18H,10-14H2,(H2,20,22)/t18-/m0/s1. The summed E-state index contributed by atoms with van der Waals surface area (Å²) < 4.78 is 11.2. The molecular weight excluding hydrogens is 304 g/mol. The average molecular weight is 326 g/mol. The van der Waals surface area contributed by atoms with Crippen LogP contribution in [-0.2, 0) is 22.7 Å². The minimum Gasteiger partial charge on any atom is -0.489 e. The molecular formula is C19H22N2O3. The van der Waals surface area contributed by atoms with Crippen molar-refractivity contribution in [2.24, 2.45) is 5.73 Å². The molecule has 126 valence electrons. The first kappa shape index (κ1) is 16.5. The van der Waals surface area contributed by atoms with E-state index in [0.29, 0.717) is 19.8 Å². The maximum atomic E-state index is 11.2. The van der Waals surface area contributed by atoms with E-state index in [1.165, 1.54) is 5.56 Å². The second-order valence-electron chi connectivity index (χ2n) is 5.92. The molecule has 2 aromatic carbocycles. The summed E-state index contributed by atoms with van der Waals surface area (Å²) in [4.78, 5) is 13.4. The van der Waals surface area contributed by atoms with E-state index in [-0.39, 0.29) is 0 Å². The molecule has 0 aliphatic carbocycles. The Hall–Kier alpha value is -2.37. The Morgan fingerprint density at radius 1 is 1.12 bits per heavy atom. The van der Waals surface area contributed by atoms with Crippen LogP contribution >= 0.6 is 0 Å². The van der Waals surface area contributed by atoms with Crippen LogP contribution in [0.5, 0.6) is 5.75 Å². The largest absolute Gasteiger partial charge is 0.489 e. The van der Waals surface area contributed by atoms with E-state index in [1.807, 2.05) is 42.5 Å². The molecule has 1 atom stereocenters. The summed E-state index contributed by atoms with van der Waals surface area (Å²) in [5, 5.41) is 0. The molecule has 0 saturated carbocycles. The molecule has 5 nitrogen and oxygen atoms in total. The number of hydrogen-bond donors (Lipinski definition) is 1. The second-order valence-corrected chi connectivity index (χ2v) is 5.92. The quantitative estimate of drug-likeness (QED) is 0.881. The minimum absolute atomic E-state index is 0.399. The van der Waals surface area contributed by atoms with Crippen LogP contribution in [0.3, 0.4) is 0 Å². The van der Waals surface area contributed by atoms with Crippen molar-refractivity contribution in [3.05, 3.63) is 65.7 Å². The van der Waals surface area contributed by atoms with Gasteiger partial charge in [-0.25, -0.2) is 0 Å². The van der Waals surface area contributed by atoms with Gasteiger partial charge in [0, 0.05) is 19.6 Å². The molecule has 1 fully saturated rings. The molecule has 5 heteroatoms. The number of carbonyl (C=O) groups is 1. The molecule has 1 saturated heterocycles. The molecule has 0 radical (unpaired) electrons. The van der Waals surface area contributed by atoms with Crippen LogP contribution in [0.2, 0.25) is 0 Å². The third-order valence-electron chi connectivity index (χ3n) is 4.05. The molecule has 0 bridgehead atoms. The lowest BCUT2D eigenvalue weighted by molar-refractivity contribution is -0.135. The van der Waals surface area contributed by atoms with Gasteiger partial charge in [0.05, 0.1) is 6.61 Å². The Labute approximate surface area is 142 Å². The summed E-state index contributed by atoms with van der Waals surface area (Å²) in [6.45, 7) is 3.21. The molecule has 1 amide bonds. The summed E-state index contributed by atoms with van der Waals surface area (Å²) in [6, 6.07) is 18.1. The van der Waals surface area contributed by atoms with Crippen molar-refractivity contribution < 1.29 is 14.3 Å². The van der Waals surface area contributed by atoms with Crippen molar-refractivity contribution >= 4 is 5.91 Å². The van der Waals surface area contributed by atoms with Gasteiger partial charge in [-0.2, -0.15) is 0 Å². The van der Waals surface area contributed by atoms with Crippen molar-refractivity contribution in [1.82, 2.24) is 4.90 Å². The number of rotatable bonds is 6. The van der Waals surface area contributed by atoms with E-state index in [1.54, 1.807) is 0 Å². The third kappa shape index (κ3) is 4.57. The first-order valence-electron chi connectivity index (χ1n) is 8.09. The molecule has 0 spiro atoms. The van der Waals surface area contributed by atoms with Gasteiger partial charge in [-0.3, -0.25) is 9.69 Å². The summed E-state index contributed by atoms with van der Waals surface area (Å²) in [7, 11) is 0. The molecule has 1 aliphatic heterocycles. The smallest absolute Gasteiger partial charge is 0.247 e. The van der Waals surface area contributed by atoms with Gasteiger partial charge in [0.2, 0.25) is 5.91 Å². The minimum atomic E-state index is -0.507. The van der Waals surface area contributed by atoms with Gasteiger partial charge < -0.3 is 15.2 Å². The molecule has 2 aromatic rings. The Morgan fingerprint density at radius 2 is 1.88 bits per heavy atom. The number of ether oxygens (including phenoxy) is 2. The number of nitrogens with two attached hydrogens (primary N) is 1. The first-order valence-corrected chi connectivity index (χ1v) is 8.09. The van der Waals surface area contributed by atoms with Crippen molar-refractivity contribution in [2.45, 2.75) is 19.3 Å². The Bertz CT molecular complexity index is 658. The van der Waals surface area contributed by atoms with Gasteiger partial charge in [0.15, 0.2) is 0 Å². The number of amides is 1. The van der Waals surface area contributed by atoms with E-state index in [9.17, 15) is 4.79 Å². The monoisotopic (exact) mass is 326 g/mol. The molecule has 3 rings (SSSR count). The van der Waals surface area contributed by atoms with Crippen LogP contribution in [0.15, 0.2) is 54.6 Å². The van der Waals surface area contributed by atoms with E-state index >= 15 is 0 Å². The lowest BCUT2D eigenvalue weighted by Crippen LogP contribution is -2.47. The Morgan fingerprint density at radius 3 is 2.58 bits per heavy atom. The molecule has 24 heavy (non-hydrogen) atoms. The number of carbonyl (C=O) groups excluding carboxylic acids is 1. The summed E-state index contributed by atoms with van der Waals surface area (Å²) in [6.07, 6.45) is -0.507. The molecule has 0 aromatic heterocycles. The number of hydrogen-bond acceptors (Lipinski definition) is 4. The fourth-order valence-electron chi connectivity index (χ4n) is 2.71. The van der Waals surface area contributed by atoms with Crippen LogP contribution in [0.4, 0.5) is 0 Å². The van der Waals surface area contributed by atoms with Gasteiger partial charge in [-0.15, -0.1) is 0 Å². The lowest BCUT2D eigenvalue weighted by atomic mass is 10.1. The maximum absolute atomic E-state index is 11.2. The topological polar surface area (TPSA) is 64.8 Å². The number of nitrogens with zero attached hydrogens (tertiary/aromatic N) is 1. The van der Waals surface area contributed by atoms with E-state index < -0.39 is 12.0 Å². The van der Waals surface area contributed by atoms with Crippen LogP contribution in [-0.4, -0.2) is 36.6 Å². The van der Waals surface area contributed by atoms with Crippen molar-refractivity contribution in [1.29, 1.82) is 0 Å². The number of primary amides is 1. The zero-order chi connectivity index (χ0) is 16.8. The maximum Gasteiger partial charge on any atom is 0.247 e. The Balaban J connectivity index is 1.52. The number of morpholine rings is 1. The zero-order valence-electron chi connectivity index (χ0n) is 13.6. The van der Waals surface area contributed by atoms with Crippen LogP contribution in [0, 0.1) is 0 Å². The highest BCUT2D eigenvalue weighted by Gasteiger charge is 2.24. The predicted molar refractivity (Wildman–Crippen MR) is 91.4 cm³/mol. The highest BCUT2D eigenvalue weighted by atomic mass is 16.5. The van der Waals surface area contributed by atoms with E-state index in [0.717, 1.165) is 24.4 Å². The van der Waals surface area contributed by atoms with Gasteiger partial charge in [-0.05, 0) is 23.3 Å². The zero-order valence-corrected chi connectivity index (χ0v) is 13.6. The highest BCUT2D eigenvalue weighted by molar-refractivity contribution is 5.79. The van der Waals surface area contributed by atoms with E-state index in [4.69, 9.17) is 15.2 Å². The highest BCUT2D eigenvalue weighted by Crippen LogP contribution is 2.16. The van der Waals surface area contributed by atoms with Gasteiger partial charge in [-0.1, -0.05) is 42.5 Å². The molecule has 2 N–H and O–H groups in total. The van der Waals surface area contributed by atoms with Crippen LogP contribution in [0.1, 0.15) is 11.1 Å². The normalized spacial score (nSPS) is 18.2. The third-order valence-corrected chi connectivity index (χ3v) is 4.05. The fraction of sp³-hybridized carbons (Fsp3) is 0.316. The summed E-state index contributed by atoms with van der Waals surface area (Å²) in [5.41, 5.74) is 7.64. The second kappa shape index (κ2) is 7.95. The Kier molecular flexibility index (Phi) is 5.46.